The third-order valence-corrected chi connectivity index (χ3v) is 4.62. The predicted molar refractivity (Wildman–Crippen MR) is 72.1 cm³/mol. The molecular weight excluding hydrogens is 309 g/mol. The van der Waals surface area contributed by atoms with Crippen molar-refractivity contribution in [2.24, 2.45) is 0 Å². The van der Waals surface area contributed by atoms with Crippen molar-refractivity contribution in [3.8, 4) is 0 Å². The first kappa shape index (κ1) is 15.8. The number of sulfone groups is 1. The number of nitrogens with zero attached hydrogens (tertiary/aromatic N) is 3. The lowest BCUT2D eigenvalue weighted by atomic mass is 10.3. The van der Waals surface area contributed by atoms with E-state index in [0.717, 1.165) is 6.07 Å². The minimum absolute atomic E-state index is 0.0863. The molecule has 0 amide bonds. The highest BCUT2D eigenvalue weighted by Gasteiger charge is 2.34. The molecule has 1 aliphatic rings. The van der Waals surface area contributed by atoms with Crippen molar-refractivity contribution in [1.29, 1.82) is 0 Å². The Hall–Kier alpha value is -1.58. The van der Waals surface area contributed by atoms with E-state index in [0.29, 0.717) is 6.54 Å². The van der Waals surface area contributed by atoms with Crippen LogP contribution in [0.5, 0.6) is 0 Å². The predicted octanol–water partition coefficient (Wildman–Crippen LogP) is 1.16. The quantitative estimate of drug-likeness (QED) is 0.899. The van der Waals surface area contributed by atoms with Gasteiger partial charge in [0.05, 0.1) is 11.5 Å². The van der Waals surface area contributed by atoms with Crippen LogP contribution in [0.25, 0.3) is 0 Å². The molecule has 0 aliphatic carbocycles. The normalized spacial score (nSPS) is 18.6. The summed E-state index contributed by atoms with van der Waals surface area (Å²) in [5.74, 6) is -0.206. The van der Waals surface area contributed by atoms with Crippen molar-refractivity contribution in [2.75, 3.05) is 41.4 Å². The molecule has 0 radical (unpaired) electrons. The lowest BCUT2D eigenvalue weighted by Gasteiger charge is -2.28. The first-order chi connectivity index (χ1) is 9.71. The van der Waals surface area contributed by atoms with Crippen LogP contribution in [-0.2, 0) is 16.0 Å². The molecule has 2 heterocycles. The first-order valence-electron chi connectivity index (χ1n) is 6.37. The van der Waals surface area contributed by atoms with Crippen LogP contribution in [-0.4, -0.2) is 49.5 Å². The molecule has 1 N–H and O–H groups in total. The maximum Gasteiger partial charge on any atom is 0.433 e. The van der Waals surface area contributed by atoms with E-state index in [9.17, 15) is 21.6 Å². The van der Waals surface area contributed by atoms with Gasteiger partial charge in [0, 0.05) is 25.7 Å². The fraction of sp³-hybridized carbons (Fsp3) is 0.636. The SMILES string of the molecule is CCNc1nc(N2CCS(=O)(=O)CC2)cc(C(F)(F)F)n1. The number of halogens is 3. The molecule has 1 aromatic heterocycles. The second-order valence-electron chi connectivity index (χ2n) is 4.60. The summed E-state index contributed by atoms with van der Waals surface area (Å²) in [6.07, 6.45) is -4.58. The molecule has 21 heavy (non-hydrogen) atoms. The summed E-state index contributed by atoms with van der Waals surface area (Å²) < 4.78 is 61.3. The molecule has 0 atom stereocenters. The summed E-state index contributed by atoms with van der Waals surface area (Å²) in [5, 5.41) is 2.65. The molecule has 0 unspecified atom stereocenters. The van der Waals surface area contributed by atoms with E-state index >= 15 is 0 Å². The number of rotatable bonds is 3. The average molecular weight is 324 g/mol. The Balaban J connectivity index is 2.32. The van der Waals surface area contributed by atoms with Crippen LogP contribution in [0.3, 0.4) is 0 Å². The van der Waals surface area contributed by atoms with Crippen molar-refractivity contribution in [3.63, 3.8) is 0 Å². The average Bonchev–Trinajstić information content (AvgIpc) is 2.37. The van der Waals surface area contributed by atoms with Crippen molar-refractivity contribution in [1.82, 2.24) is 9.97 Å². The standard InChI is InChI=1S/C11H15F3N4O2S/c1-2-15-10-16-8(11(12,13)14)7-9(17-10)18-3-5-21(19,20)6-4-18/h7H,2-6H2,1H3,(H,15,16,17). The second kappa shape index (κ2) is 5.66. The lowest BCUT2D eigenvalue weighted by Crippen LogP contribution is -2.41. The van der Waals surface area contributed by atoms with Gasteiger partial charge in [0.2, 0.25) is 5.95 Å². The van der Waals surface area contributed by atoms with Crippen LogP contribution in [0.4, 0.5) is 24.9 Å². The van der Waals surface area contributed by atoms with Crippen LogP contribution in [0.15, 0.2) is 6.07 Å². The molecule has 1 aromatic rings. The van der Waals surface area contributed by atoms with E-state index in [1.807, 2.05) is 0 Å². The summed E-state index contributed by atoms with van der Waals surface area (Å²) in [7, 11) is -3.11. The second-order valence-corrected chi connectivity index (χ2v) is 6.91. The molecule has 10 heteroatoms. The Kier molecular flexibility index (Phi) is 4.26. The molecule has 1 fully saturated rings. The summed E-state index contributed by atoms with van der Waals surface area (Å²) in [6, 6.07) is 0.846. The van der Waals surface area contributed by atoms with Gasteiger partial charge in [0.1, 0.15) is 5.82 Å². The van der Waals surface area contributed by atoms with Crippen molar-refractivity contribution in [2.45, 2.75) is 13.1 Å². The van der Waals surface area contributed by atoms with Gasteiger partial charge in [-0.15, -0.1) is 0 Å². The van der Waals surface area contributed by atoms with Gasteiger partial charge >= 0.3 is 6.18 Å². The molecule has 0 saturated carbocycles. The highest BCUT2D eigenvalue weighted by molar-refractivity contribution is 7.91. The van der Waals surface area contributed by atoms with E-state index in [1.165, 1.54) is 4.90 Å². The van der Waals surface area contributed by atoms with Gasteiger partial charge < -0.3 is 10.2 Å². The largest absolute Gasteiger partial charge is 0.433 e. The van der Waals surface area contributed by atoms with Crippen LogP contribution in [0.1, 0.15) is 12.6 Å². The number of aromatic nitrogens is 2. The molecule has 0 bridgehead atoms. The smallest absolute Gasteiger partial charge is 0.354 e. The van der Waals surface area contributed by atoms with Crippen LogP contribution in [0, 0.1) is 0 Å². The van der Waals surface area contributed by atoms with E-state index in [4.69, 9.17) is 0 Å². The number of nitrogens with one attached hydrogen (secondary N) is 1. The number of anilines is 2. The molecule has 2 rings (SSSR count). The molecule has 0 spiro atoms. The lowest BCUT2D eigenvalue weighted by molar-refractivity contribution is -0.141. The zero-order chi connectivity index (χ0) is 15.7. The summed E-state index contributed by atoms with van der Waals surface area (Å²) in [4.78, 5) is 8.97. The Bertz CT molecular complexity index is 604. The zero-order valence-corrected chi connectivity index (χ0v) is 12.1. The first-order valence-corrected chi connectivity index (χ1v) is 8.19. The third kappa shape index (κ3) is 3.96. The van der Waals surface area contributed by atoms with Gasteiger partial charge in [-0.1, -0.05) is 0 Å². The fourth-order valence-electron chi connectivity index (χ4n) is 1.92. The topological polar surface area (TPSA) is 75.2 Å². The molecule has 1 saturated heterocycles. The minimum atomic E-state index is -4.58. The minimum Gasteiger partial charge on any atom is -0.354 e. The van der Waals surface area contributed by atoms with E-state index in [-0.39, 0.29) is 36.4 Å². The Morgan fingerprint density at radius 1 is 1.29 bits per heavy atom. The highest BCUT2D eigenvalue weighted by Crippen LogP contribution is 2.30. The van der Waals surface area contributed by atoms with E-state index < -0.39 is 21.7 Å². The van der Waals surface area contributed by atoms with Gasteiger partial charge in [-0.05, 0) is 6.92 Å². The van der Waals surface area contributed by atoms with Crippen molar-refractivity contribution < 1.29 is 21.6 Å². The molecular formula is C11H15F3N4O2S. The molecule has 0 aromatic carbocycles. The summed E-state index contributed by atoms with van der Waals surface area (Å²) in [6.45, 7) is 2.36. The van der Waals surface area contributed by atoms with Gasteiger partial charge in [0.15, 0.2) is 15.5 Å². The zero-order valence-electron chi connectivity index (χ0n) is 11.3. The van der Waals surface area contributed by atoms with Crippen molar-refractivity contribution in [3.05, 3.63) is 11.8 Å². The molecule has 1 aliphatic heterocycles. The van der Waals surface area contributed by atoms with Gasteiger partial charge in [-0.3, -0.25) is 0 Å². The molecule has 118 valence electrons. The number of hydrogen-bond acceptors (Lipinski definition) is 6. The van der Waals surface area contributed by atoms with Crippen molar-refractivity contribution >= 4 is 21.6 Å². The van der Waals surface area contributed by atoms with E-state index in [1.54, 1.807) is 6.92 Å². The number of alkyl halides is 3. The fourth-order valence-corrected chi connectivity index (χ4v) is 3.12. The third-order valence-electron chi connectivity index (χ3n) is 3.01. The van der Waals surface area contributed by atoms with Gasteiger partial charge in [0.25, 0.3) is 0 Å². The monoisotopic (exact) mass is 324 g/mol. The summed E-state index contributed by atoms with van der Waals surface area (Å²) >= 11 is 0. The summed E-state index contributed by atoms with van der Waals surface area (Å²) in [5.41, 5.74) is -1.04. The van der Waals surface area contributed by atoms with Crippen LogP contribution >= 0.6 is 0 Å². The highest BCUT2D eigenvalue weighted by atomic mass is 32.2. The van der Waals surface area contributed by atoms with Gasteiger partial charge in [-0.25, -0.2) is 13.4 Å². The maximum absolute atomic E-state index is 12.8. The molecule has 6 nitrogen and oxygen atoms in total. The van der Waals surface area contributed by atoms with Crippen LogP contribution < -0.4 is 10.2 Å². The number of hydrogen-bond donors (Lipinski definition) is 1. The maximum atomic E-state index is 12.8. The van der Waals surface area contributed by atoms with Crippen LogP contribution in [0.2, 0.25) is 0 Å². The Morgan fingerprint density at radius 3 is 2.43 bits per heavy atom. The van der Waals surface area contributed by atoms with E-state index in [2.05, 4.69) is 15.3 Å². The van der Waals surface area contributed by atoms with Gasteiger partial charge in [-0.2, -0.15) is 18.2 Å². The Morgan fingerprint density at radius 2 is 1.90 bits per heavy atom. The Labute approximate surface area is 120 Å².